The van der Waals surface area contributed by atoms with E-state index in [0.29, 0.717) is 18.1 Å². The van der Waals surface area contributed by atoms with E-state index in [1.54, 1.807) is 6.07 Å². The van der Waals surface area contributed by atoms with Crippen LogP contribution in [0.4, 0.5) is 5.82 Å². The van der Waals surface area contributed by atoms with Gasteiger partial charge in [0, 0.05) is 12.1 Å². The van der Waals surface area contributed by atoms with Crippen molar-refractivity contribution < 1.29 is 5.11 Å². The summed E-state index contributed by atoms with van der Waals surface area (Å²) < 4.78 is 0. The van der Waals surface area contributed by atoms with E-state index in [4.69, 9.17) is 5.73 Å². The van der Waals surface area contributed by atoms with Crippen LogP contribution in [0, 0.1) is 5.92 Å². The lowest BCUT2D eigenvalue weighted by atomic mass is 9.77. The molecule has 1 aromatic heterocycles. The molecule has 4 heteroatoms. The molecule has 19 heavy (non-hydrogen) atoms. The molecule has 4 nitrogen and oxygen atoms in total. The molecule has 1 saturated carbocycles. The number of aromatic nitrogens is 1. The summed E-state index contributed by atoms with van der Waals surface area (Å²) in [5.74, 6) is 1.30. The molecule has 0 bridgehead atoms. The first-order valence-corrected chi connectivity index (χ1v) is 7.12. The minimum absolute atomic E-state index is 0.0619. The molecule has 0 radical (unpaired) electrons. The molecule has 1 aromatic rings. The number of aliphatic hydroxyl groups excluding tert-OH is 1. The Morgan fingerprint density at radius 3 is 2.79 bits per heavy atom. The van der Waals surface area contributed by atoms with Crippen LogP contribution < -0.4 is 11.1 Å². The molecule has 0 aliphatic heterocycles. The highest BCUT2D eigenvalue weighted by Gasteiger charge is 2.27. The zero-order valence-corrected chi connectivity index (χ0v) is 11.9. The predicted octanol–water partition coefficient (Wildman–Crippen LogP) is 2.26. The lowest BCUT2D eigenvalue weighted by molar-refractivity contribution is 0.143. The normalized spacial score (nSPS) is 18.1. The molecule has 1 atom stereocenters. The number of anilines is 1. The smallest absolute Gasteiger partial charge is 0.123 e. The molecule has 0 amide bonds. The number of hydrogen-bond acceptors (Lipinski definition) is 4. The lowest BCUT2D eigenvalue weighted by Gasteiger charge is -2.35. The van der Waals surface area contributed by atoms with Crippen LogP contribution in [-0.2, 0) is 0 Å². The van der Waals surface area contributed by atoms with E-state index in [0.717, 1.165) is 5.92 Å². The van der Waals surface area contributed by atoms with Crippen LogP contribution in [-0.4, -0.2) is 22.2 Å². The molecule has 0 spiro atoms. The number of aliphatic hydroxyl groups is 1. The van der Waals surface area contributed by atoms with Crippen LogP contribution in [0.3, 0.4) is 0 Å². The second-order valence-corrected chi connectivity index (χ2v) is 6.27. The highest BCUT2D eigenvalue weighted by atomic mass is 16.3. The van der Waals surface area contributed by atoms with Gasteiger partial charge in [-0.05, 0) is 38.3 Å². The molecular weight excluding hydrogens is 238 g/mol. The molecule has 0 aromatic carbocycles. The van der Waals surface area contributed by atoms with Crippen molar-refractivity contribution in [2.24, 2.45) is 5.92 Å². The van der Waals surface area contributed by atoms with Gasteiger partial charge in [-0.1, -0.05) is 25.3 Å². The average molecular weight is 263 g/mol. The average Bonchev–Trinajstić information content (AvgIpc) is 2.31. The quantitative estimate of drug-likeness (QED) is 0.736. The lowest BCUT2D eigenvalue weighted by Crippen LogP contribution is -2.44. The van der Waals surface area contributed by atoms with Crippen LogP contribution in [0.5, 0.6) is 0 Å². The number of β-amino-alcohol motifs (C(OH)–C–C–N with tert-alkyl or cyclic N) is 1. The van der Waals surface area contributed by atoms with E-state index in [1.807, 2.05) is 12.1 Å². The van der Waals surface area contributed by atoms with Gasteiger partial charge in [-0.15, -0.1) is 0 Å². The van der Waals surface area contributed by atoms with Crippen molar-refractivity contribution in [3.8, 4) is 0 Å². The summed E-state index contributed by atoms with van der Waals surface area (Å²) in [5, 5.41) is 13.6. The van der Waals surface area contributed by atoms with Crippen molar-refractivity contribution in [3.05, 3.63) is 23.9 Å². The molecule has 1 aliphatic carbocycles. The topological polar surface area (TPSA) is 71.2 Å². The zero-order chi connectivity index (χ0) is 13.9. The molecule has 4 N–H and O–H groups in total. The Kier molecular flexibility index (Phi) is 4.42. The fourth-order valence-corrected chi connectivity index (χ4v) is 2.62. The third kappa shape index (κ3) is 4.18. The third-order valence-corrected chi connectivity index (χ3v) is 3.93. The van der Waals surface area contributed by atoms with Crippen molar-refractivity contribution in [2.75, 3.05) is 12.3 Å². The molecular formula is C15H25N3O. The van der Waals surface area contributed by atoms with Crippen molar-refractivity contribution in [3.63, 3.8) is 0 Å². The number of nitrogens with one attached hydrogen (secondary N) is 1. The van der Waals surface area contributed by atoms with Crippen LogP contribution >= 0.6 is 0 Å². The van der Waals surface area contributed by atoms with Crippen molar-refractivity contribution >= 4 is 5.82 Å². The summed E-state index contributed by atoms with van der Waals surface area (Å²) in [5.41, 5.74) is 6.32. The largest absolute Gasteiger partial charge is 0.385 e. The second kappa shape index (κ2) is 5.88. The second-order valence-electron chi connectivity index (χ2n) is 6.27. The van der Waals surface area contributed by atoms with Gasteiger partial charge in [-0.3, -0.25) is 0 Å². The maximum atomic E-state index is 10.1. The monoisotopic (exact) mass is 263 g/mol. The Bertz CT molecular complexity index is 416. The zero-order valence-electron chi connectivity index (χ0n) is 11.9. The Balaban J connectivity index is 1.83. The van der Waals surface area contributed by atoms with Gasteiger partial charge in [0.2, 0.25) is 0 Å². The summed E-state index contributed by atoms with van der Waals surface area (Å²) in [6.45, 7) is 4.91. The van der Waals surface area contributed by atoms with E-state index in [2.05, 4.69) is 24.1 Å². The van der Waals surface area contributed by atoms with Gasteiger partial charge in [0.05, 0.1) is 5.69 Å². The summed E-state index contributed by atoms with van der Waals surface area (Å²) in [6.07, 6.45) is 4.64. The first-order chi connectivity index (χ1) is 8.96. The fraction of sp³-hybridized carbons (Fsp3) is 0.667. The molecule has 0 saturated heterocycles. The standard InChI is InChI=1S/C15H25N3O/c1-15(2,9-11-5-3-6-11)17-10-13(19)12-7-4-8-14(16)18-12/h4,7-8,11,13,17,19H,3,5-6,9-10H2,1-2H3,(H2,16,18)/t13-/m0/s1. The van der Waals surface area contributed by atoms with Crippen LogP contribution in [0.2, 0.25) is 0 Å². The minimum Gasteiger partial charge on any atom is -0.385 e. The summed E-state index contributed by atoms with van der Waals surface area (Å²) in [4.78, 5) is 4.15. The van der Waals surface area contributed by atoms with Crippen LogP contribution in [0.25, 0.3) is 0 Å². The predicted molar refractivity (Wildman–Crippen MR) is 77.6 cm³/mol. The first-order valence-electron chi connectivity index (χ1n) is 7.12. The number of rotatable bonds is 6. The first kappa shape index (κ1) is 14.3. The van der Waals surface area contributed by atoms with Gasteiger partial charge in [-0.2, -0.15) is 0 Å². The maximum absolute atomic E-state index is 10.1. The van der Waals surface area contributed by atoms with Crippen LogP contribution in [0.1, 0.15) is 51.3 Å². The van der Waals surface area contributed by atoms with Crippen LogP contribution in [0.15, 0.2) is 18.2 Å². The fourth-order valence-electron chi connectivity index (χ4n) is 2.62. The molecule has 1 fully saturated rings. The van der Waals surface area contributed by atoms with E-state index < -0.39 is 6.10 Å². The van der Waals surface area contributed by atoms with Crippen molar-refractivity contribution in [1.29, 1.82) is 0 Å². The maximum Gasteiger partial charge on any atom is 0.123 e. The summed E-state index contributed by atoms with van der Waals surface area (Å²) >= 11 is 0. The van der Waals surface area contributed by atoms with Gasteiger partial charge in [-0.25, -0.2) is 4.98 Å². The Hall–Kier alpha value is -1.13. The third-order valence-electron chi connectivity index (χ3n) is 3.93. The van der Waals surface area contributed by atoms with E-state index in [9.17, 15) is 5.11 Å². The van der Waals surface area contributed by atoms with Gasteiger partial charge < -0.3 is 16.2 Å². The van der Waals surface area contributed by atoms with Gasteiger partial charge in [0.1, 0.15) is 11.9 Å². The van der Waals surface area contributed by atoms with E-state index in [-0.39, 0.29) is 5.54 Å². The summed E-state index contributed by atoms with van der Waals surface area (Å²) in [7, 11) is 0. The highest BCUT2D eigenvalue weighted by molar-refractivity contribution is 5.29. The van der Waals surface area contributed by atoms with Crippen molar-refractivity contribution in [2.45, 2.75) is 51.2 Å². The number of hydrogen-bond donors (Lipinski definition) is 3. The number of nitrogen functional groups attached to an aromatic ring is 1. The Morgan fingerprint density at radius 2 is 2.21 bits per heavy atom. The number of nitrogens with two attached hydrogens (primary N) is 1. The minimum atomic E-state index is -0.607. The molecule has 2 rings (SSSR count). The molecule has 1 heterocycles. The van der Waals surface area contributed by atoms with Gasteiger partial charge in [0.25, 0.3) is 0 Å². The van der Waals surface area contributed by atoms with E-state index >= 15 is 0 Å². The number of pyridine rings is 1. The Morgan fingerprint density at radius 1 is 1.47 bits per heavy atom. The Labute approximate surface area is 115 Å². The SMILES string of the molecule is CC(C)(CC1CCC1)NC[C@H](O)c1cccc(N)n1. The van der Waals surface area contributed by atoms with Gasteiger partial charge >= 0.3 is 0 Å². The van der Waals surface area contributed by atoms with Crippen molar-refractivity contribution in [1.82, 2.24) is 10.3 Å². The number of nitrogens with zero attached hydrogens (tertiary/aromatic N) is 1. The molecule has 106 valence electrons. The van der Waals surface area contributed by atoms with E-state index in [1.165, 1.54) is 25.7 Å². The highest BCUT2D eigenvalue weighted by Crippen LogP contribution is 2.33. The summed E-state index contributed by atoms with van der Waals surface area (Å²) in [6, 6.07) is 5.35. The molecule has 0 unspecified atom stereocenters. The van der Waals surface area contributed by atoms with Gasteiger partial charge in [0.15, 0.2) is 0 Å². The molecule has 1 aliphatic rings.